The third-order valence-corrected chi connectivity index (χ3v) is 13.5. The number of carbonyl (C=O) groups excluding carboxylic acids is 2. The highest BCUT2D eigenvalue weighted by Crippen LogP contribution is 2.40. The summed E-state index contributed by atoms with van der Waals surface area (Å²) in [6.07, 6.45) is 17.8. The summed E-state index contributed by atoms with van der Waals surface area (Å²) in [6.45, 7) is 6.37. The number of hydrogen-bond donors (Lipinski definition) is 0. The predicted molar refractivity (Wildman–Crippen MR) is 236 cm³/mol. The van der Waals surface area contributed by atoms with Crippen LogP contribution in [0.15, 0.2) is 67.3 Å². The van der Waals surface area contributed by atoms with Crippen LogP contribution in [0.25, 0.3) is 44.6 Å². The summed E-state index contributed by atoms with van der Waals surface area (Å²) in [7, 11) is 6.03. The van der Waals surface area contributed by atoms with Gasteiger partial charge in [0.15, 0.2) is 0 Å². The second-order valence-electron chi connectivity index (χ2n) is 17.5. The van der Waals surface area contributed by atoms with E-state index in [0.29, 0.717) is 43.3 Å². The van der Waals surface area contributed by atoms with Crippen LogP contribution in [0.1, 0.15) is 87.9 Å². The molecule has 6 aromatic rings. The van der Waals surface area contributed by atoms with E-state index in [4.69, 9.17) is 21.1 Å². The molecule has 1 aliphatic heterocycles. The summed E-state index contributed by atoms with van der Waals surface area (Å²) < 4.78 is 18.6. The quantitative estimate of drug-likeness (QED) is 0.142. The van der Waals surface area contributed by atoms with E-state index in [0.717, 1.165) is 100 Å². The largest absolute Gasteiger partial charge is 0.490 e. The molecule has 0 radical (unpaired) electrons. The average molecular weight is 828 g/mol. The molecule has 0 unspecified atom stereocenters. The van der Waals surface area contributed by atoms with Gasteiger partial charge in [-0.3, -0.25) is 23.6 Å². The third-order valence-electron chi connectivity index (χ3n) is 13.1. The molecule has 4 heterocycles. The third kappa shape index (κ3) is 8.39. The van der Waals surface area contributed by atoms with E-state index in [9.17, 15) is 9.59 Å². The van der Waals surface area contributed by atoms with Crippen LogP contribution in [0, 0.1) is 11.8 Å². The number of benzene rings is 3. The summed E-state index contributed by atoms with van der Waals surface area (Å²) >= 11 is 6.40. The number of fused-ring (bicyclic) bond motifs is 3. The van der Waals surface area contributed by atoms with Gasteiger partial charge in [0, 0.05) is 87.2 Å². The molecule has 3 aromatic heterocycles. The molecule has 312 valence electrons. The van der Waals surface area contributed by atoms with Crippen LogP contribution < -0.4 is 9.47 Å². The number of Topliss-reactive ketones (excluding diaryl/α,β-unsaturated/α-hetero) is 2. The van der Waals surface area contributed by atoms with E-state index in [1.807, 2.05) is 54.2 Å². The number of piperidine rings is 1. The molecule has 3 aromatic carbocycles. The number of nitrogens with zero attached hydrogens (tertiary/aromatic N) is 7. The number of aryl methyl sites for hydroxylation is 2. The molecule has 60 heavy (non-hydrogen) atoms. The zero-order valence-electron chi connectivity index (χ0n) is 35.2. The van der Waals surface area contributed by atoms with E-state index in [1.165, 1.54) is 16.7 Å². The van der Waals surface area contributed by atoms with Gasteiger partial charge in [-0.2, -0.15) is 15.3 Å². The maximum Gasteiger partial charge on any atom is 0.133 e. The lowest BCUT2D eigenvalue weighted by Gasteiger charge is -2.28. The Hall–Kier alpha value is -5.26. The molecule has 11 nitrogen and oxygen atoms in total. The minimum absolute atomic E-state index is 0.00735. The molecule has 3 fully saturated rings. The molecule has 12 heteroatoms. The molecule has 3 aliphatic carbocycles. The summed E-state index contributed by atoms with van der Waals surface area (Å²) in [5.74, 6) is 2.93. The van der Waals surface area contributed by atoms with Gasteiger partial charge in [-0.25, -0.2) is 0 Å². The van der Waals surface area contributed by atoms with E-state index in [-0.39, 0.29) is 24.0 Å². The Kier molecular flexibility index (Phi) is 11.1. The molecule has 0 spiro atoms. The van der Waals surface area contributed by atoms with Crippen molar-refractivity contribution in [2.45, 2.75) is 89.9 Å². The van der Waals surface area contributed by atoms with Crippen molar-refractivity contribution in [3.63, 3.8) is 0 Å². The van der Waals surface area contributed by atoms with Crippen molar-refractivity contribution in [3.8, 4) is 22.6 Å². The van der Waals surface area contributed by atoms with Gasteiger partial charge in [0.1, 0.15) is 23.1 Å². The minimum atomic E-state index is -0.00990. The SMILES string of the molecule is C[C@@H](Oc1cc(-c2cnn(C3CCN(C)CC3)c2)cc2nn(C)cc12)[C@H]1CCC(=O)C1.C[C@@H](Oc1cc(C2=Cc3cccc(Cl)c3C2)cc2nn(C)cc12)[C@H]1CCC(=O)C1. The van der Waals surface area contributed by atoms with Gasteiger partial charge in [0.05, 0.1) is 46.3 Å². The van der Waals surface area contributed by atoms with Gasteiger partial charge in [-0.05, 0) is 118 Å². The monoisotopic (exact) mass is 827 g/mol. The molecule has 4 aliphatic rings. The van der Waals surface area contributed by atoms with E-state index in [1.54, 1.807) is 0 Å². The lowest BCUT2D eigenvalue weighted by molar-refractivity contribution is -0.118. The number of halogens is 1. The maximum atomic E-state index is 11.7. The fourth-order valence-electron chi connectivity index (χ4n) is 9.51. The lowest BCUT2D eigenvalue weighted by atomic mass is 10.0. The molecule has 10 rings (SSSR count). The fraction of sp³-hybridized carbons (Fsp3) is 0.438. The van der Waals surface area contributed by atoms with Crippen molar-refractivity contribution in [2.75, 3.05) is 20.1 Å². The summed E-state index contributed by atoms with van der Waals surface area (Å²) in [6, 6.07) is 14.9. The molecule has 1 saturated heterocycles. The Morgan fingerprint density at radius 1 is 0.733 bits per heavy atom. The molecular weight excluding hydrogens is 774 g/mol. The number of ketones is 2. The number of allylic oxidation sites excluding steroid dienone is 1. The van der Waals surface area contributed by atoms with E-state index in [2.05, 4.69) is 88.4 Å². The van der Waals surface area contributed by atoms with Crippen LogP contribution in [0.4, 0.5) is 0 Å². The van der Waals surface area contributed by atoms with Crippen molar-refractivity contribution in [3.05, 3.63) is 89.0 Å². The fourth-order valence-corrected chi connectivity index (χ4v) is 9.75. The van der Waals surface area contributed by atoms with Gasteiger partial charge in [-0.1, -0.05) is 29.8 Å². The lowest BCUT2D eigenvalue weighted by Crippen LogP contribution is -2.31. The van der Waals surface area contributed by atoms with E-state index < -0.39 is 0 Å². The maximum absolute atomic E-state index is 11.7. The molecule has 4 atom stereocenters. The van der Waals surface area contributed by atoms with Crippen molar-refractivity contribution >= 4 is 56.6 Å². The van der Waals surface area contributed by atoms with Crippen LogP contribution in [0.3, 0.4) is 0 Å². The highest BCUT2D eigenvalue weighted by Gasteiger charge is 2.30. The van der Waals surface area contributed by atoms with Crippen molar-refractivity contribution in [2.24, 2.45) is 25.9 Å². The smallest absolute Gasteiger partial charge is 0.133 e. The van der Waals surface area contributed by atoms with Crippen molar-refractivity contribution < 1.29 is 19.1 Å². The Morgan fingerprint density at radius 3 is 1.88 bits per heavy atom. The second-order valence-corrected chi connectivity index (χ2v) is 18.0. The highest BCUT2D eigenvalue weighted by molar-refractivity contribution is 6.32. The summed E-state index contributed by atoms with van der Waals surface area (Å²) in [5.41, 5.74) is 8.64. The van der Waals surface area contributed by atoms with Crippen LogP contribution in [-0.2, 0) is 30.1 Å². The first kappa shape index (κ1) is 40.2. The number of aromatic nitrogens is 6. The number of carbonyl (C=O) groups is 2. The Labute approximate surface area is 356 Å². The number of hydrogen-bond acceptors (Lipinski definition) is 8. The van der Waals surface area contributed by atoms with Crippen LogP contribution in [0.2, 0.25) is 5.02 Å². The second kappa shape index (κ2) is 16.7. The minimum Gasteiger partial charge on any atom is -0.490 e. The molecule has 0 bridgehead atoms. The first-order chi connectivity index (χ1) is 28.9. The zero-order chi connectivity index (χ0) is 41.7. The summed E-state index contributed by atoms with van der Waals surface area (Å²) in [5, 5.41) is 16.7. The number of rotatable bonds is 9. The van der Waals surface area contributed by atoms with E-state index >= 15 is 0 Å². The van der Waals surface area contributed by atoms with Crippen LogP contribution in [0.5, 0.6) is 11.5 Å². The van der Waals surface area contributed by atoms with Gasteiger partial charge >= 0.3 is 0 Å². The van der Waals surface area contributed by atoms with Crippen molar-refractivity contribution in [1.82, 2.24) is 34.2 Å². The zero-order valence-corrected chi connectivity index (χ0v) is 36.0. The first-order valence-electron chi connectivity index (χ1n) is 21.5. The van der Waals surface area contributed by atoms with Gasteiger partial charge in [-0.15, -0.1) is 0 Å². The van der Waals surface area contributed by atoms with Gasteiger partial charge < -0.3 is 14.4 Å². The molecule has 0 amide bonds. The molecular formula is C48H54ClN7O4. The topological polar surface area (TPSA) is 109 Å². The first-order valence-corrected chi connectivity index (χ1v) is 21.8. The number of likely N-dealkylation sites (tertiary alicyclic amines) is 1. The number of ether oxygens (including phenoxy) is 2. The van der Waals surface area contributed by atoms with Crippen molar-refractivity contribution in [1.29, 1.82) is 0 Å². The Bertz CT molecular complexity index is 2610. The average Bonchev–Trinajstić information content (AvgIpc) is 4.08. The standard InChI is InChI=1S/C24H23ClN2O2.C24H31N5O2/c1-14(15-6-7-19(28)9-15)29-24-12-18(11-23-21(24)13-27(2)26-23)17-8-16-4-3-5-22(25)20(16)10-17;1-16(17-4-5-21(30)10-17)31-24-12-18(11-23-22(24)15-28(3)26-23)19-13-25-29(14-19)20-6-8-27(2)9-7-20/h3-5,8,11-15H,6-7,9-10H2,1-2H3;11-17,20H,4-10H2,1-3H3/t14-,15+;16-,17+/m11/s1. The molecule has 0 N–H and O–H groups in total. The van der Waals surface area contributed by atoms with Gasteiger partial charge in [0.25, 0.3) is 0 Å². The van der Waals surface area contributed by atoms with Crippen LogP contribution >= 0.6 is 11.6 Å². The normalized spacial score (nSPS) is 20.7. The Balaban J connectivity index is 0.000000154. The van der Waals surface area contributed by atoms with Crippen LogP contribution in [-0.4, -0.2) is 78.2 Å². The predicted octanol–water partition coefficient (Wildman–Crippen LogP) is 9.30. The Morgan fingerprint density at radius 2 is 1.32 bits per heavy atom. The highest BCUT2D eigenvalue weighted by atomic mass is 35.5. The van der Waals surface area contributed by atoms with Gasteiger partial charge in [0.2, 0.25) is 0 Å². The molecule has 2 saturated carbocycles. The summed E-state index contributed by atoms with van der Waals surface area (Å²) in [4.78, 5) is 25.8.